The lowest BCUT2D eigenvalue weighted by Crippen LogP contribution is -2.43. The summed E-state index contributed by atoms with van der Waals surface area (Å²) in [5.41, 5.74) is 0. The highest BCUT2D eigenvalue weighted by molar-refractivity contribution is 5.86. The molecule has 0 bridgehead atoms. The van der Waals surface area contributed by atoms with Crippen LogP contribution >= 0.6 is 0 Å². The maximum Gasteiger partial charge on any atom is 0.326 e. The third-order valence-electron chi connectivity index (χ3n) is 3.41. The van der Waals surface area contributed by atoms with Crippen molar-refractivity contribution in [2.24, 2.45) is 0 Å². The van der Waals surface area contributed by atoms with Crippen LogP contribution in [0.5, 0.6) is 0 Å². The van der Waals surface area contributed by atoms with Crippen molar-refractivity contribution in [1.82, 2.24) is 10.2 Å². The van der Waals surface area contributed by atoms with Crippen molar-refractivity contribution in [3.63, 3.8) is 0 Å². The fourth-order valence-corrected chi connectivity index (χ4v) is 2.12. The first kappa shape index (κ1) is 17.4. The van der Waals surface area contributed by atoms with Crippen molar-refractivity contribution >= 4 is 17.8 Å². The zero-order valence-corrected chi connectivity index (χ0v) is 12.5. The molecule has 21 heavy (non-hydrogen) atoms. The second-order valence-electron chi connectivity index (χ2n) is 5.09. The molecule has 0 radical (unpaired) electrons. The topological polar surface area (TPSA) is 95.9 Å². The van der Waals surface area contributed by atoms with Crippen LogP contribution in [0.3, 0.4) is 0 Å². The van der Waals surface area contributed by atoms with E-state index >= 15 is 0 Å². The van der Waals surface area contributed by atoms with E-state index in [-0.39, 0.29) is 24.7 Å². The van der Waals surface area contributed by atoms with Gasteiger partial charge in [0.1, 0.15) is 6.04 Å². The molecule has 1 atom stereocenters. The largest absolute Gasteiger partial charge is 0.480 e. The Balaban J connectivity index is 2.31. The molecule has 2 N–H and O–H groups in total. The summed E-state index contributed by atoms with van der Waals surface area (Å²) in [5.74, 6) is -1.51. The summed E-state index contributed by atoms with van der Waals surface area (Å²) in [6.45, 7) is 4.11. The highest BCUT2D eigenvalue weighted by Gasteiger charge is 2.21. The van der Waals surface area contributed by atoms with Gasteiger partial charge in [0.25, 0.3) is 0 Å². The molecular weight excluding hydrogens is 276 g/mol. The highest BCUT2D eigenvalue weighted by Crippen LogP contribution is 2.04. The van der Waals surface area contributed by atoms with Gasteiger partial charge < -0.3 is 20.1 Å². The quantitative estimate of drug-likeness (QED) is 0.676. The summed E-state index contributed by atoms with van der Waals surface area (Å²) >= 11 is 0. The molecule has 7 nitrogen and oxygen atoms in total. The van der Waals surface area contributed by atoms with Gasteiger partial charge in [-0.25, -0.2) is 4.79 Å². The minimum absolute atomic E-state index is 0.0199. The molecule has 0 aliphatic carbocycles. The molecule has 1 rings (SSSR count). The minimum atomic E-state index is -1.03. The third kappa shape index (κ3) is 6.57. The molecule has 1 heterocycles. The number of rotatable bonds is 8. The lowest BCUT2D eigenvalue weighted by atomic mass is 10.1. The predicted molar refractivity (Wildman–Crippen MR) is 75.7 cm³/mol. The number of aliphatic carboxylic acids is 1. The fraction of sp³-hybridized carbons (Fsp3) is 0.786. The minimum Gasteiger partial charge on any atom is -0.480 e. The molecule has 0 spiro atoms. The van der Waals surface area contributed by atoms with Gasteiger partial charge in [-0.15, -0.1) is 0 Å². The lowest BCUT2D eigenvalue weighted by molar-refractivity contribution is -0.142. The zero-order chi connectivity index (χ0) is 15.7. The average molecular weight is 300 g/mol. The number of nitrogens with one attached hydrogen (secondary N) is 1. The number of hydrogen-bond acceptors (Lipinski definition) is 4. The molecule has 1 fully saturated rings. The Morgan fingerprint density at radius 3 is 2.48 bits per heavy atom. The van der Waals surface area contributed by atoms with Crippen molar-refractivity contribution in [2.45, 2.75) is 45.1 Å². The van der Waals surface area contributed by atoms with E-state index in [1.807, 2.05) is 6.92 Å². The molecule has 0 aromatic carbocycles. The highest BCUT2D eigenvalue weighted by atomic mass is 16.5. The van der Waals surface area contributed by atoms with Crippen LogP contribution in [-0.4, -0.2) is 60.1 Å². The van der Waals surface area contributed by atoms with Crippen molar-refractivity contribution in [1.29, 1.82) is 0 Å². The normalized spacial score (nSPS) is 16.3. The SMILES string of the molecule is CCCCC(NC(=O)CCC(=O)N1CCOCC1)C(=O)O. The monoisotopic (exact) mass is 300 g/mol. The van der Waals surface area contributed by atoms with Gasteiger partial charge in [0.05, 0.1) is 13.2 Å². The van der Waals surface area contributed by atoms with E-state index in [9.17, 15) is 14.4 Å². The van der Waals surface area contributed by atoms with Crippen molar-refractivity contribution in [2.75, 3.05) is 26.3 Å². The summed E-state index contributed by atoms with van der Waals surface area (Å²) in [4.78, 5) is 36.3. The molecule has 120 valence electrons. The molecule has 7 heteroatoms. The van der Waals surface area contributed by atoms with E-state index < -0.39 is 12.0 Å². The van der Waals surface area contributed by atoms with Gasteiger partial charge in [-0.1, -0.05) is 19.8 Å². The summed E-state index contributed by atoms with van der Waals surface area (Å²) in [7, 11) is 0. The van der Waals surface area contributed by atoms with Crippen LogP contribution in [-0.2, 0) is 19.1 Å². The molecule has 0 aromatic heterocycles. The third-order valence-corrected chi connectivity index (χ3v) is 3.41. The first-order valence-corrected chi connectivity index (χ1v) is 7.42. The number of ether oxygens (including phenoxy) is 1. The molecule has 0 aromatic rings. The molecular formula is C14H24N2O5. The van der Waals surface area contributed by atoms with Crippen LogP contribution in [0.4, 0.5) is 0 Å². The molecule has 2 amide bonds. The van der Waals surface area contributed by atoms with Crippen LogP contribution in [0.2, 0.25) is 0 Å². The van der Waals surface area contributed by atoms with E-state index in [0.717, 1.165) is 12.8 Å². The molecule has 1 saturated heterocycles. The first-order valence-electron chi connectivity index (χ1n) is 7.42. The van der Waals surface area contributed by atoms with Crippen LogP contribution in [0, 0.1) is 0 Å². The molecule has 0 saturated carbocycles. The van der Waals surface area contributed by atoms with Crippen LogP contribution in [0.25, 0.3) is 0 Å². The Bertz CT molecular complexity index is 366. The molecule has 1 unspecified atom stereocenters. The van der Waals surface area contributed by atoms with Crippen molar-refractivity contribution in [3.05, 3.63) is 0 Å². The van der Waals surface area contributed by atoms with Crippen LogP contribution in [0.1, 0.15) is 39.0 Å². The van der Waals surface area contributed by atoms with E-state index in [2.05, 4.69) is 5.32 Å². The summed E-state index contributed by atoms with van der Waals surface area (Å²) in [6, 6.07) is -0.865. The number of amides is 2. The van der Waals surface area contributed by atoms with Crippen molar-refractivity contribution in [3.8, 4) is 0 Å². The van der Waals surface area contributed by atoms with Crippen LogP contribution in [0.15, 0.2) is 0 Å². The number of nitrogens with zero attached hydrogens (tertiary/aromatic N) is 1. The standard InChI is InChI=1S/C14H24N2O5/c1-2-3-4-11(14(19)20)15-12(17)5-6-13(18)16-7-9-21-10-8-16/h11H,2-10H2,1H3,(H,15,17)(H,19,20). The van der Waals surface area contributed by atoms with Gasteiger partial charge in [0.15, 0.2) is 0 Å². The van der Waals surface area contributed by atoms with Gasteiger partial charge in [0, 0.05) is 25.9 Å². The zero-order valence-electron chi connectivity index (χ0n) is 12.5. The average Bonchev–Trinajstić information content (AvgIpc) is 2.49. The Hall–Kier alpha value is -1.63. The summed E-state index contributed by atoms with van der Waals surface area (Å²) in [5, 5.41) is 11.5. The van der Waals surface area contributed by atoms with Crippen LogP contribution < -0.4 is 5.32 Å². The Kier molecular flexibility index (Phi) is 7.74. The van der Waals surface area contributed by atoms with Gasteiger partial charge >= 0.3 is 5.97 Å². The number of carboxylic acid groups (broad SMARTS) is 1. The second kappa shape index (κ2) is 9.33. The van der Waals surface area contributed by atoms with E-state index in [1.165, 1.54) is 0 Å². The maximum absolute atomic E-state index is 11.9. The fourth-order valence-electron chi connectivity index (χ4n) is 2.12. The number of carboxylic acids is 1. The van der Waals surface area contributed by atoms with E-state index in [0.29, 0.717) is 32.7 Å². The summed E-state index contributed by atoms with van der Waals surface area (Å²) in [6.07, 6.45) is 2.14. The predicted octanol–water partition coefficient (Wildman–Crippen LogP) is 0.385. The lowest BCUT2D eigenvalue weighted by Gasteiger charge is -2.26. The Morgan fingerprint density at radius 1 is 1.24 bits per heavy atom. The maximum atomic E-state index is 11.9. The van der Waals surface area contributed by atoms with Gasteiger partial charge in [-0.05, 0) is 6.42 Å². The Morgan fingerprint density at radius 2 is 1.90 bits per heavy atom. The number of morpholine rings is 1. The van der Waals surface area contributed by atoms with Gasteiger partial charge in [-0.2, -0.15) is 0 Å². The van der Waals surface area contributed by atoms with Gasteiger partial charge in [-0.3, -0.25) is 9.59 Å². The van der Waals surface area contributed by atoms with Crippen molar-refractivity contribution < 1.29 is 24.2 Å². The first-order chi connectivity index (χ1) is 10.0. The summed E-state index contributed by atoms with van der Waals surface area (Å²) < 4.78 is 5.15. The molecule has 1 aliphatic heterocycles. The smallest absolute Gasteiger partial charge is 0.326 e. The second-order valence-corrected chi connectivity index (χ2v) is 5.09. The Labute approximate surface area is 124 Å². The van der Waals surface area contributed by atoms with E-state index in [4.69, 9.17) is 9.84 Å². The van der Waals surface area contributed by atoms with E-state index in [1.54, 1.807) is 4.90 Å². The number of hydrogen-bond donors (Lipinski definition) is 2. The number of unbranched alkanes of at least 4 members (excludes halogenated alkanes) is 1. The molecule has 1 aliphatic rings. The number of carbonyl (C=O) groups excluding carboxylic acids is 2. The number of carbonyl (C=O) groups is 3. The van der Waals surface area contributed by atoms with Gasteiger partial charge in [0.2, 0.25) is 11.8 Å².